The van der Waals surface area contributed by atoms with Gasteiger partial charge in [0.15, 0.2) is 5.65 Å². The van der Waals surface area contributed by atoms with Crippen LogP contribution in [0.25, 0.3) is 11.2 Å². The van der Waals surface area contributed by atoms with Crippen molar-refractivity contribution in [2.24, 2.45) is 5.73 Å². The normalized spacial score (nSPS) is 13.2. The molecule has 1 atom stereocenters. The number of hydrogen-bond acceptors (Lipinski definition) is 4. The van der Waals surface area contributed by atoms with Gasteiger partial charge in [-0.1, -0.05) is 0 Å². The molecule has 0 aliphatic rings. The molecule has 2 aromatic heterocycles. The van der Waals surface area contributed by atoms with E-state index in [0.717, 1.165) is 22.6 Å². The average molecular weight is 220 g/mol. The maximum atomic E-state index is 5.57. The topological polar surface area (TPSA) is 76.8 Å². The predicted octanol–water partition coefficient (Wildman–Crippen LogP) is 0.783. The lowest BCUT2D eigenvalue weighted by atomic mass is 10.2. The van der Waals surface area contributed by atoms with Gasteiger partial charge in [0.1, 0.15) is 5.82 Å². The average Bonchev–Trinajstić information content (AvgIpc) is 2.67. The number of ether oxygens (including phenoxy) is 1. The lowest BCUT2D eigenvalue weighted by Gasteiger charge is -2.09. The van der Waals surface area contributed by atoms with Crippen molar-refractivity contribution >= 4 is 11.2 Å². The van der Waals surface area contributed by atoms with E-state index in [1.807, 2.05) is 19.2 Å². The van der Waals surface area contributed by atoms with E-state index in [1.54, 1.807) is 7.11 Å². The third-order valence-corrected chi connectivity index (χ3v) is 2.54. The molecule has 2 heterocycles. The fraction of sp³-hybridized carbons (Fsp3) is 0.455. The van der Waals surface area contributed by atoms with E-state index in [4.69, 9.17) is 10.5 Å². The van der Waals surface area contributed by atoms with Crippen LogP contribution in [0.4, 0.5) is 0 Å². The molecule has 0 saturated carbocycles. The number of aryl methyl sites for hydroxylation is 1. The van der Waals surface area contributed by atoms with Crippen LogP contribution in [0.2, 0.25) is 0 Å². The molecule has 0 radical (unpaired) electrons. The first-order chi connectivity index (χ1) is 7.72. The summed E-state index contributed by atoms with van der Waals surface area (Å²) in [6.07, 6.45) is 2.49. The highest BCUT2D eigenvalue weighted by Crippen LogP contribution is 2.11. The molecule has 0 aliphatic carbocycles. The van der Waals surface area contributed by atoms with Crippen molar-refractivity contribution in [1.82, 2.24) is 15.0 Å². The van der Waals surface area contributed by atoms with Gasteiger partial charge in [0.05, 0.1) is 11.6 Å². The lowest BCUT2D eigenvalue weighted by Crippen LogP contribution is -2.25. The van der Waals surface area contributed by atoms with Crippen LogP contribution in [0.3, 0.4) is 0 Å². The Balaban J connectivity index is 2.25. The summed E-state index contributed by atoms with van der Waals surface area (Å²) in [5, 5.41) is 0. The van der Waals surface area contributed by atoms with Crippen LogP contribution in [0.1, 0.15) is 11.4 Å². The molecule has 86 valence electrons. The van der Waals surface area contributed by atoms with Gasteiger partial charge >= 0.3 is 0 Å². The smallest absolute Gasteiger partial charge is 0.177 e. The maximum Gasteiger partial charge on any atom is 0.177 e. The number of aromatic nitrogens is 3. The van der Waals surface area contributed by atoms with Crippen LogP contribution in [0.5, 0.6) is 0 Å². The van der Waals surface area contributed by atoms with Crippen molar-refractivity contribution in [2.75, 3.05) is 13.7 Å². The quantitative estimate of drug-likeness (QED) is 0.798. The molecule has 5 heteroatoms. The molecule has 0 bridgehead atoms. The summed E-state index contributed by atoms with van der Waals surface area (Å²) in [5.41, 5.74) is 8.39. The molecule has 0 spiro atoms. The number of nitrogens with one attached hydrogen (secondary N) is 1. The summed E-state index contributed by atoms with van der Waals surface area (Å²) in [4.78, 5) is 11.9. The Bertz CT molecular complexity index is 476. The number of rotatable bonds is 4. The van der Waals surface area contributed by atoms with Gasteiger partial charge in [-0.15, -0.1) is 0 Å². The molecule has 0 aliphatic heterocycles. The minimum Gasteiger partial charge on any atom is -0.380 e. The van der Waals surface area contributed by atoms with Gasteiger partial charge in [-0.25, -0.2) is 9.97 Å². The summed E-state index contributed by atoms with van der Waals surface area (Å²) in [5.74, 6) is 0.866. The Morgan fingerprint density at radius 2 is 2.38 bits per heavy atom. The number of imidazole rings is 1. The Kier molecular flexibility index (Phi) is 3.17. The summed E-state index contributed by atoms with van der Waals surface area (Å²) in [7, 11) is 1.66. The molecule has 0 fully saturated rings. The number of methoxy groups -OCH3 is 1. The highest BCUT2D eigenvalue weighted by atomic mass is 16.5. The summed E-state index contributed by atoms with van der Waals surface area (Å²) in [6.45, 7) is 2.49. The first kappa shape index (κ1) is 11.0. The van der Waals surface area contributed by atoms with Crippen molar-refractivity contribution in [3.05, 3.63) is 23.7 Å². The van der Waals surface area contributed by atoms with Gasteiger partial charge in [-0.05, 0) is 18.6 Å². The van der Waals surface area contributed by atoms with E-state index in [9.17, 15) is 0 Å². The Morgan fingerprint density at radius 3 is 3.06 bits per heavy atom. The third kappa shape index (κ3) is 2.20. The van der Waals surface area contributed by atoms with Crippen molar-refractivity contribution in [1.29, 1.82) is 0 Å². The Labute approximate surface area is 94.0 Å². The van der Waals surface area contributed by atoms with Crippen LogP contribution in [-0.4, -0.2) is 34.7 Å². The summed E-state index contributed by atoms with van der Waals surface area (Å²) < 4.78 is 5.22. The molecular weight excluding hydrogens is 204 g/mol. The highest BCUT2D eigenvalue weighted by Gasteiger charge is 2.10. The molecule has 5 nitrogen and oxygen atoms in total. The zero-order valence-electron chi connectivity index (χ0n) is 9.53. The number of pyridine rings is 1. The minimum atomic E-state index is 0.00154. The van der Waals surface area contributed by atoms with Crippen LogP contribution in [0, 0.1) is 6.92 Å². The number of hydrogen-bond donors (Lipinski definition) is 2. The lowest BCUT2D eigenvalue weighted by molar-refractivity contribution is 0.108. The first-order valence-corrected chi connectivity index (χ1v) is 5.27. The van der Waals surface area contributed by atoms with Gasteiger partial charge in [-0.2, -0.15) is 0 Å². The summed E-state index contributed by atoms with van der Waals surface area (Å²) in [6, 6.07) is 2.03. The molecule has 3 N–H and O–H groups in total. The van der Waals surface area contributed by atoms with E-state index in [1.165, 1.54) is 0 Å². The third-order valence-electron chi connectivity index (χ3n) is 2.54. The molecule has 0 saturated heterocycles. The molecule has 1 unspecified atom stereocenters. The number of fused-ring (bicyclic) bond motifs is 1. The van der Waals surface area contributed by atoms with Crippen molar-refractivity contribution < 1.29 is 4.74 Å². The van der Waals surface area contributed by atoms with Crippen molar-refractivity contribution in [3.63, 3.8) is 0 Å². The van der Waals surface area contributed by atoms with Gasteiger partial charge in [0, 0.05) is 26.3 Å². The second kappa shape index (κ2) is 4.59. The molecular formula is C11H16N4O. The second-order valence-electron chi connectivity index (χ2n) is 3.86. The highest BCUT2D eigenvalue weighted by molar-refractivity contribution is 5.70. The fourth-order valence-corrected chi connectivity index (χ4v) is 1.63. The summed E-state index contributed by atoms with van der Waals surface area (Å²) >= 11 is 0. The van der Waals surface area contributed by atoms with Gasteiger partial charge in [-0.3, -0.25) is 0 Å². The van der Waals surface area contributed by atoms with Crippen LogP contribution >= 0.6 is 0 Å². The van der Waals surface area contributed by atoms with E-state index in [-0.39, 0.29) is 6.10 Å². The standard InChI is InChI=1S/C11H16N4O/c1-7-3-9-11(13-6-7)15-10(14-9)4-8(5-12)16-2/h3,6,8H,4-5,12H2,1-2H3,(H,13,14,15). The fourth-order valence-electron chi connectivity index (χ4n) is 1.63. The zero-order valence-corrected chi connectivity index (χ0v) is 9.53. The van der Waals surface area contributed by atoms with Gasteiger partial charge in [0.2, 0.25) is 0 Å². The number of H-pyrrole nitrogens is 1. The van der Waals surface area contributed by atoms with Gasteiger partial charge in [0.25, 0.3) is 0 Å². The maximum absolute atomic E-state index is 5.57. The van der Waals surface area contributed by atoms with E-state index >= 15 is 0 Å². The van der Waals surface area contributed by atoms with E-state index in [2.05, 4.69) is 15.0 Å². The number of nitrogens with zero attached hydrogens (tertiary/aromatic N) is 2. The SMILES string of the molecule is COC(CN)Cc1nc2ncc(C)cc2[nH]1. The number of aromatic amines is 1. The molecule has 0 amide bonds. The van der Waals surface area contributed by atoms with E-state index in [0.29, 0.717) is 13.0 Å². The predicted molar refractivity (Wildman–Crippen MR) is 62.2 cm³/mol. The largest absolute Gasteiger partial charge is 0.380 e. The van der Waals surface area contributed by atoms with Crippen LogP contribution in [0.15, 0.2) is 12.3 Å². The van der Waals surface area contributed by atoms with Crippen molar-refractivity contribution in [2.45, 2.75) is 19.4 Å². The molecule has 2 aromatic rings. The molecule has 0 aromatic carbocycles. The second-order valence-corrected chi connectivity index (χ2v) is 3.86. The first-order valence-electron chi connectivity index (χ1n) is 5.27. The van der Waals surface area contributed by atoms with Crippen LogP contribution < -0.4 is 5.73 Å². The van der Waals surface area contributed by atoms with E-state index < -0.39 is 0 Å². The minimum absolute atomic E-state index is 0.00154. The van der Waals surface area contributed by atoms with Crippen LogP contribution in [-0.2, 0) is 11.2 Å². The zero-order chi connectivity index (χ0) is 11.5. The molecule has 2 rings (SSSR count). The Morgan fingerprint density at radius 1 is 1.56 bits per heavy atom. The Hall–Kier alpha value is -1.46. The molecule has 16 heavy (non-hydrogen) atoms. The number of nitrogens with two attached hydrogens (primary N) is 1. The van der Waals surface area contributed by atoms with Crippen molar-refractivity contribution in [3.8, 4) is 0 Å². The van der Waals surface area contributed by atoms with Gasteiger partial charge < -0.3 is 15.5 Å². The monoisotopic (exact) mass is 220 g/mol.